The second-order valence-corrected chi connectivity index (χ2v) is 3.39. The number of fused-ring (bicyclic) bond motifs is 1. The molecule has 0 aliphatic carbocycles. The van der Waals surface area contributed by atoms with Gasteiger partial charge in [-0.1, -0.05) is 16.6 Å². The van der Waals surface area contributed by atoms with Gasteiger partial charge in [-0.2, -0.15) is 5.26 Å². The summed E-state index contributed by atoms with van der Waals surface area (Å²) < 4.78 is 4.60. The van der Waals surface area contributed by atoms with E-state index in [2.05, 4.69) is 14.8 Å². The van der Waals surface area contributed by atoms with Crippen molar-refractivity contribution in [2.24, 2.45) is 5.18 Å². The van der Waals surface area contributed by atoms with E-state index in [1.165, 1.54) is 11.5 Å². The summed E-state index contributed by atoms with van der Waals surface area (Å²) in [7, 11) is 0. The Bertz CT molecular complexity index is 515. The van der Waals surface area contributed by atoms with E-state index >= 15 is 0 Å². The van der Waals surface area contributed by atoms with Crippen molar-refractivity contribution in [3.8, 4) is 6.07 Å². The molecule has 68 valence electrons. The van der Waals surface area contributed by atoms with Crippen molar-refractivity contribution in [3.63, 3.8) is 0 Å². The molecule has 0 aliphatic heterocycles. The van der Waals surface area contributed by atoms with E-state index in [4.69, 9.17) is 5.26 Å². The van der Waals surface area contributed by atoms with Crippen LogP contribution in [0.15, 0.2) is 23.4 Å². The standard InChI is InChI=1S/C8H4N4OS/c9-4-6(11-13)5-2-1-3-7-8(5)10-12-14-7/h1-3,6H. The van der Waals surface area contributed by atoms with Crippen LogP contribution in [0.3, 0.4) is 0 Å². The first-order chi connectivity index (χ1) is 6.86. The second kappa shape index (κ2) is 3.47. The van der Waals surface area contributed by atoms with Gasteiger partial charge >= 0.3 is 0 Å². The van der Waals surface area contributed by atoms with E-state index in [1.54, 1.807) is 12.1 Å². The smallest absolute Gasteiger partial charge is 0.195 e. The van der Waals surface area contributed by atoms with Crippen molar-refractivity contribution in [1.82, 2.24) is 9.59 Å². The molecule has 1 heterocycles. The molecule has 1 aromatic heterocycles. The Balaban J connectivity index is 2.67. The van der Waals surface area contributed by atoms with Crippen molar-refractivity contribution in [2.45, 2.75) is 6.04 Å². The van der Waals surface area contributed by atoms with E-state index in [0.29, 0.717) is 11.1 Å². The molecule has 14 heavy (non-hydrogen) atoms. The highest BCUT2D eigenvalue weighted by Gasteiger charge is 2.15. The number of aromatic nitrogens is 2. The number of benzene rings is 1. The summed E-state index contributed by atoms with van der Waals surface area (Å²) in [5, 5.41) is 15.3. The summed E-state index contributed by atoms with van der Waals surface area (Å²) in [5.41, 5.74) is 1.11. The molecule has 6 heteroatoms. The molecular weight excluding hydrogens is 200 g/mol. The first kappa shape index (κ1) is 8.72. The molecule has 0 fully saturated rings. The van der Waals surface area contributed by atoms with E-state index in [9.17, 15) is 4.91 Å². The molecule has 0 amide bonds. The van der Waals surface area contributed by atoms with Gasteiger partial charge in [-0.05, 0) is 22.8 Å². The van der Waals surface area contributed by atoms with Crippen LogP contribution in [0.4, 0.5) is 0 Å². The van der Waals surface area contributed by atoms with Gasteiger partial charge in [0, 0.05) is 5.56 Å². The Hall–Kier alpha value is -1.87. The van der Waals surface area contributed by atoms with Crippen molar-refractivity contribution in [2.75, 3.05) is 0 Å². The Morgan fingerprint density at radius 1 is 1.57 bits per heavy atom. The molecular formula is C8H4N4OS. The lowest BCUT2D eigenvalue weighted by molar-refractivity contribution is 0.920. The predicted molar refractivity (Wildman–Crippen MR) is 51.6 cm³/mol. The van der Waals surface area contributed by atoms with E-state index in [1.807, 2.05) is 12.1 Å². The molecule has 0 aliphatic rings. The number of hydrogen-bond donors (Lipinski definition) is 0. The van der Waals surface area contributed by atoms with E-state index < -0.39 is 6.04 Å². The van der Waals surface area contributed by atoms with Crippen LogP contribution in [0, 0.1) is 16.2 Å². The zero-order valence-electron chi connectivity index (χ0n) is 6.91. The van der Waals surface area contributed by atoms with Crippen LogP contribution in [0.5, 0.6) is 0 Å². The van der Waals surface area contributed by atoms with E-state index in [0.717, 1.165) is 4.70 Å². The third-order valence-corrected chi connectivity index (χ3v) is 2.52. The van der Waals surface area contributed by atoms with Gasteiger partial charge in [-0.25, -0.2) is 0 Å². The number of nitriles is 1. The summed E-state index contributed by atoms with van der Waals surface area (Å²) in [6.07, 6.45) is 0. The maximum Gasteiger partial charge on any atom is 0.205 e. The van der Waals surface area contributed by atoms with Crippen LogP contribution in [0.1, 0.15) is 11.6 Å². The average molecular weight is 204 g/mol. The third kappa shape index (κ3) is 1.24. The number of rotatable bonds is 2. The molecule has 0 N–H and O–H groups in total. The normalized spacial score (nSPS) is 12.2. The summed E-state index contributed by atoms with van der Waals surface area (Å²) in [5.74, 6) is 0. The van der Waals surface area contributed by atoms with Gasteiger partial charge < -0.3 is 0 Å². The van der Waals surface area contributed by atoms with Gasteiger partial charge in [-0.3, -0.25) is 0 Å². The molecule has 0 saturated heterocycles. The molecule has 0 radical (unpaired) electrons. The highest BCUT2D eigenvalue weighted by molar-refractivity contribution is 7.12. The Labute approximate surface area is 83.1 Å². The maximum atomic E-state index is 10.4. The summed E-state index contributed by atoms with van der Waals surface area (Å²) in [6.45, 7) is 0. The number of nitroso groups, excluding NO2 is 1. The van der Waals surface area contributed by atoms with Gasteiger partial charge in [-0.15, -0.1) is 10.0 Å². The Kier molecular flexibility index (Phi) is 2.16. The molecule has 0 saturated carbocycles. The molecule has 2 aromatic rings. The van der Waals surface area contributed by atoms with Gasteiger partial charge in [0.2, 0.25) is 6.04 Å². The van der Waals surface area contributed by atoms with E-state index in [-0.39, 0.29) is 0 Å². The van der Waals surface area contributed by atoms with Crippen LogP contribution in [0.2, 0.25) is 0 Å². The van der Waals surface area contributed by atoms with Crippen molar-refractivity contribution >= 4 is 21.7 Å². The summed E-state index contributed by atoms with van der Waals surface area (Å²) in [6, 6.07) is 6.07. The minimum Gasteiger partial charge on any atom is -0.195 e. The molecule has 1 unspecified atom stereocenters. The highest BCUT2D eigenvalue weighted by atomic mass is 32.1. The van der Waals surface area contributed by atoms with Crippen molar-refractivity contribution in [3.05, 3.63) is 28.7 Å². The van der Waals surface area contributed by atoms with Crippen LogP contribution in [-0.2, 0) is 0 Å². The third-order valence-electron chi connectivity index (χ3n) is 1.83. The van der Waals surface area contributed by atoms with Crippen LogP contribution < -0.4 is 0 Å². The van der Waals surface area contributed by atoms with Crippen LogP contribution in [-0.4, -0.2) is 9.59 Å². The number of hydrogen-bond acceptors (Lipinski definition) is 6. The summed E-state index contributed by atoms with van der Waals surface area (Å²) in [4.78, 5) is 10.4. The topological polar surface area (TPSA) is 79.0 Å². The number of nitrogens with zero attached hydrogens (tertiary/aromatic N) is 4. The van der Waals surface area contributed by atoms with Gasteiger partial charge in [0.25, 0.3) is 0 Å². The lowest BCUT2D eigenvalue weighted by Crippen LogP contribution is -1.91. The van der Waals surface area contributed by atoms with Crippen LogP contribution >= 0.6 is 11.5 Å². The minimum absolute atomic E-state index is 0.522. The second-order valence-electron chi connectivity index (χ2n) is 2.60. The summed E-state index contributed by atoms with van der Waals surface area (Å²) >= 11 is 1.23. The lowest BCUT2D eigenvalue weighted by atomic mass is 10.1. The first-order valence-electron chi connectivity index (χ1n) is 3.80. The molecule has 1 atom stereocenters. The zero-order valence-corrected chi connectivity index (χ0v) is 7.73. The Morgan fingerprint density at radius 3 is 3.14 bits per heavy atom. The van der Waals surface area contributed by atoms with Crippen molar-refractivity contribution in [1.29, 1.82) is 5.26 Å². The van der Waals surface area contributed by atoms with Gasteiger partial charge in [0.1, 0.15) is 5.52 Å². The fourth-order valence-corrected chi connectivity index (χ4v) is 1.79. The predicted octanol–water partition coefficient (Wildman–Crippen LogP) is 2.02. The van der Waals surface area contributed by atoms with Gasteiger partial charge in [0.05, 0.1) is 10.8 Å². The SMILES string of the molecule is N#CC(N=O)c1cccc2snnc12. The monoisotopic (exact) mass is 204 g/mol. The molecule has 2 rings (SSSR count). The molecule has 0 bridgehead atoms. The minimum atomic E-state index is -0.998. The zero-order chi connectivity index (χ0) is 9.97. The molecule has 5 nitrogen and oxygen atoms in total. The van der Waals surface area contributed by atoms with Crippen molar-refractivity contribution < 1.29 is 0 Å². The fourth-order valence-electron chi connectivity index (χ4n) is 1.20. The van der Waals surface area contributed by atoms with Gasteiger partial charge in [0.15, 0.2) is 0 Å². The quantitative estimate of drug-likeness (QED) is 0.701. The first-order valence-corrected chi connectivity index (χ1v) is 4.57. The Morgan fingerprint density at radius 2 is 2.43 bits per heavy atom. The maximum absolute atomic E-state index is 10.4. The lowest BCUT2D eigenvalue weighted by Gasteiger charge is -1.99. The largest absolute Gasteiger partial charge is 0.205 e. The molecule has 0 spiro atoms. The highest BCUT2D eigenvalue weighted by Crippen LogP contribution is 2.25. The van der Waals surface area contributed by atoms with Crippen LogP contribution in [0.25, 0.3) is 10.2 Å². The fraction of sp³-hybridized carbons (Fsp3) is 0.125. The average Bonchev–Trinajstić information content (AvgIpc) is 2.68. The molecule has 1 aromatic carbocycles.